The molecule has 2 rings (SSSR count). The fourth-order valence-corrected chi connectivity index (χ4v) is 2.20. The molecule has 0 aliphatic carbocycles. The first-order chi connectivity index (χ1) is 6.72. The Morgan fingerprint density at radius 1 is 1.43 bits per heavy atom. The third-order valence-electron chi connectivity index (χ3n) is 3.03. The molecule has 2 atom stereocenters. The van der Waals surface area contributed by atoms with Crippen LogP contribution >= 0.6 is 0 Å². The standard InChI is InChI=1S/C12H16FN/c1-3-12-11-6-9(13)4-5-10(11)8(2)7-14-12/h4-6,8,12,14H,3,7H2,1-2H3. The van der Waals surface area contributed by atoms with E-state index in [0.29, 0.717) is 12.0 Å². The van der Waals surface area contributed by atoms with Crippen LogP contribution < -0.4 is 5.32 Å². The molecule has 1 aromatic carbocycles. The minimum absolute atomic E-state index is 0.127. The number of rotatable bonds is 1. The van der Waals surface area contributed by atoms with E-state index in [1.807, 2.05) is 6.07 Å². The molecule has 1 nitrogen and oxygen atoms in total. The predicted molar refractivity (Wildman–Crippen MR) is 55.8 cm³/mol. The van der Waals surface area contributed by atoms with Crippen LogP contribution in [0, 0.1) is 5.82 Å². The molecule has 14 heavy (non-hydrogen) atoms. The highest BCUT2D eigenvalue weighted by Crippen LogP contribution is 2.31. The number of halogens is 1. The van der Waals surface area contributed by atoms with E-state index in [1.165, 1.54) is 5.56 Å². The van der Waals surface area contributed by atoms with Gasteiger partial charge in [-0.25, -0.2) is 4.39 Å². The van der Waals surface area contributed by atoms with Crippen molar-refractivity contribution in [3.63, 3.8) is 0 Å². The maximum atomic E-state index is 13.1. The molecular formula is C12H16FN. The Labute approximate surface area is 84.3 Å². The lowest BCUT2D eigenvalue weighted by Crippen LogP contribution is -2.31. The summed E-state index contributed by atoms with van der Waals surface area (Å²) < 4.78 is 13.1. The van der Waals surface area contributed by atoms with Gasteiger partial charge in [-0.3, -0.25) is 0 Å². The zero-order valence-corrected chi connectivity index (χ0v) is 8.68. The fourth-order valence-electron chi connectivity index (χ4n) is 2.20. The molecule has 76 valence electrons. The van der Waals surface area contributed by atoms with Crippen LogP contribution in [0.2, 0.25) is 0 Å². The highest BCUT2D eigenvalue weighted by Gasteiger charge is 2.22. The van der Waals surface area contributed by atoms with Gasteiger partial charge >= 0.3 is 0 Å². The molecule has 0 saturated heterocycles. The topological polar surface area (TPSA) is 12.0 Å². The zero-order valence-electron chi connectivity index (χ0n) is 8.68. The monoisotopic (exact) mass is 193 g/mol. The molecule has 0 radical (unpaired) electrons. The van der Waals surface area contributed by atoms with E-state index >= 15 is 0 Å². The van der Waals surface area contributed by atoms with Gasteiger partial charge in [0.15, 0.2) is 0 Å². The second kappa shape index (κ2) is 3.70. The van der Waals surface area contributed by atoms with E-state index < -0.39 is 0 Å². The summed E-state index contributed by atoms with van der Waals surface area (Å²) in [7, 11) is 0. The SMILES string of the molecule is CCC1NCC(C)c2ccc(F)cc21. The molecule has 0 spiro atoms. The van der Waals surface area contributed by atoms with Gasteiger partial charge in [0.05, 0.1) is 0 Å². The molecule has 1 aliphatic rings. The van der Waals surface area contributed by atoms with Gasteiger partial charge in [-0.2, -0.15) is 0 Å². The van der Waals surface area contributed by atoms with Crippen LogP contribution in [0.15, 0.2) is 18.2 Å². The molecule has 0 saturated carbocycles. The van der Waals surface area contributed by atoms with Crippen molar-refractivity contribution in [1.29, 1.82) is 0 Å². The summed E-state index contributed by atoms with van der Waals surface area (Å²) in [6.07, 6.45) is 1.02. The summed E-state index contributed by atoms with van der Waals surface area (Å²) in [4.78, 5) is 0. The van der Waals surface area contributed by atoms with Gasteiger partial charge in [0.1, 0.15) is 5.82 Å². The predicted octanol–water partition coefficient (Wildman–Crippen LogP) is 2.98. The Hall–Kier alpha value is -0.890. The van der Waals surface area contributed by atoms with Gasteiger partial charge in [-0.1, -0.05) is 19.9 Å². The molecule has 1 N–H and O–H groups in total. The molecule has 2 heteroatoms. The summed E-state index contributed by atoms with van der Waals surface area (Å²) in [5, 5.41) is 3.44. The van der Waals surface area contributed by atoms with Crippen molar-refractivity contribution in [2.24, 2.45) is 0 Å². The van der Waals surface area contributed by atoms with Crippen LogP contribution in [0.1, 0.15) is 43.4 Å². The highest BCUT2D eigenvalue weighted by atomic mass is 19.1. The van der Waals surface area contributed by atoms with Crippen molar-refractivity contribution in [2.75, 3.05) is 6.54 Å². The van der Waals surface area contributed by atoms with Crippen LogP contribution in [0.4, 0.5) is 4.39 Å². The summed E-state index contributed by atoms with van der Waals surface area (Å²) >= 11 is 0. The van der Waals surface area contributed by atoms with Gasteiger partial charge in [0.2, 0.25) is 0 Å². The number of fused-ring (bicyclic) bond motifs is 1. The maximum absolute atomic E-state index is 13.1. The molecule has 1 heterocycles. The first kappa shape index (κ1) is 9.66. The third kappa shape index (κ3) is 1.55. The lowest BCUT2D eigenvalue weighted by atomic mass is 9.87. The Morgan fingerprint density at radius 2 is 2.21 bits per heavy atom. The normalized spacial score (nSPS) is 25.9. The van der Waals surface area contributed by atoms with Crippen molar-refractivity contribution in [3.8, 4) is 0 Å². The van der Waals surface area contributed by atoms with Gasteiger partial charge in [0, 0.05) is 12.6 Å². The second-order valence-corrected chi connectivity index (χ2v) is 4.04. The highest BCUT2D eigenvalue weighted by molar-refractivity contribution is 5.35. The first-order valence-corrected chi connectivity index (χ1v) is 5.25. The summed E-state index contributed by atoms with van der Waals surface area (Å²) in [6.45, 7) is 5.30. The van der Waals surface area contributed by atoms with Crippen molar-refractivity contribution >= 4 is 0 Å². The summed E-state index contributed by atoms with van der Waals surface area (Å²) in [5.74, 6) is 0.367. The summed E-state index contributed by atoms with van der Waals surface area (Å²) in [5.41, 5.74) is 2.45. The number of hydrogen-bond acceptors (Lipinski definition) is 1. The minimum atomic E-state index is -0.127. The van der Waals surface area contributed by atoms with Crippen LogP contribution in [0.3, 0.4) is 0 Å². The lowest BCUT2D eigenvalue weighted by molar-refractivity contribution is 0.454. The Morgan fingerprint density at radius 3 is 2.93 bits per heavy atom. The molecular weight excluding hydrogens is 177 g/mol. The molecule has 0 aromatic heterocycles. The smallest absolute Gasteiger partial charge is 0.123 e. The molecule has 1 aromatic rings. The Kier molecular flexibility index (Phi) is 2.55. The van der Waals surface area contributed by atoms with E-state index in [2.05, 4.69) is 19.2 Å². The number of nitrogens with one attached hydrogen (secondary N) is 1. The van der Waals surface area contributed by atoms with E-state index in [0.717, 1.165) is 18.5 Å². The molecule has 1 aliphatic heterocycles. The van der Waals surface area contributed by atoms with Crippen molar-refractivity contribution in [3.05, 3.63) is 35.1 Å². The van der Waals surface area contributed by atoms with Crippen molar-refractivity contribution in [1.82, 2.24) is 5.32 Å². The van der Waals surface area contributed by atoms with Crippen LogP contribution in [-0.2, 0) is 0 Å². The summed E-state index contributed by atoms with van der Waals surface area (Å²) in [6, 6.07) is 5.50. The van der Waals surface area contributed by atoms with E-state index in [1.54, 1.807) is 12.1 Å². The largest absolute Gasteiger partial charge is 0.309 e. The van der Waals surface area contributed by atoms with Crippen LogP contribution in [-0.4, -0.2) is 6.54 Å². The molecule has 2 unspecified atom stereocenters. The molecule has 0 bridgehead atoms. The lowest BCUT2D eigenvalue weighted by Gasteiger charge is -2.30. The first-order valence-electron chi connectivity index (χ1n) is 5.25. The number of hydrogen-bond donors (Lipinski definition) is 1. The van der Waals surface area contributed by atoms with Crippen LogP contribution in [0.5, 0.6) is 0 Å². The number of benzene rings is 1. The fraction of sp³-hybridized carbons (Fsp3) is 0.500. The van der Waals surface area contributed by atoms with Crippen LogP contribution in [0.25, 0.3) is 0 Å². The maximum Gasteiger partial charge on any atom is 0.123 e. The average Bonchev–Trinajstić information content (AvgIpc) is 2.18. The van der Waals surface area contributed by atoms with Crippen molar-refractivity contribution in [2.45, 2.75) is 32.2 Å². The Bertz CT molecular complexity index is 335. The average molecular weight is 193 g/mol. The molecule has 0 amide bonds. The zero-order chi connectivity index (χ0) is 10.1. The minimum Gasteiger partial charge on any atom is -0.309 e. The van der Waals surface area contributed by atoms with Gasteiger partial charge in [-0.05, 0) is 35.6 Å². The van der Waals surface area contributed by atoms with Gasteiger partial charge in [-0.15, -0.1) is 0 Å². The van der Waals surface area contributed by atoms with E-state index in [9.17, 15) is 4.39 Å². The third-order valence-corrected chi connectivity index (χ3v) is 3.03. The molecule has 0 fully saturated rings. The van der Waals surface area contributed by atoms with E-state index in [-0.39, 0.29) is 5.82 Å². The second-order valence-electron chi connectivity index (χ2n) is 4.04. The Balaban J connectivity index is 2.46. The quantitative estimate of drug-likeness (QED) is 0.723. The van der Waals surface area contributed by atoms with Gasteiger partial charge < -0.3 is 5.32 Å². The van der Waals surface area contributed by atoms with E-state index in [4.69, 9.17) is 0 Å². The van der Waals surface area contributed by atoms with Gasteiger partial charge in [0.25, 0.3) is 0 Å². The van der Waals surface area contributed by atoms with Crippen molar-refractivity contribution < 1.29 is 4.39 Å².